The number of ether oxygens (including phenoxy) is 1. The quantitative estimate of drug-likeness (QED) is 0.549. The third kappa shape index (κ3) is 3.46. The molecule has 5 rings (SSSR count). The predicted molar refractivity (Wildman–Crippen MR) is 134 cm³/mol. The van der Waals surface area contributed by atoms with Gasteiger partial charge in [0.2, 0.25) is 5.91 Å². The van der Waals surface area contributed by atoms with E-state index < -0.39 is 47.5 Å². The Balaban J connectivity index is 1.63. The minimum atomic E-state index is -1.24. The summed E-state index contributed by atoms with van der Waals surface area (Å²) < 4.78 is 6.30. The highest BCUT2D eigenvalue weighted by Gasteiger charge is 2.75. The third-order valence-corrected chi connectivity index (χ3v) is 8.19. The number of nitrogens with zero attached hydrogens (tertiary/aromatic N) is 2. The number of aliphatic hydroxyl groups is 1. The molecule has 3 saturated heterocycles. The zero-order valence-corrected chi connectivity index (χ0v) is 20.5. The standard InChI is InChI=1S/C28H32N2O6/c1-4-13-29(19-10-9-17-7-5-6-8-18(17)14-19)26(33)24-28-12-11-21(36-28)22(27(34)35)23(28)25(32)30(24)20(15-31)16(2)3/h4-10,14,16,20-24,31H,1,11-13,15H2,2-3H3,(H,34,35)/t20-,21+,22-,23-,24+,28-/m0/s1. The summed E-state index contributed by atoms with van der Waals surface area (Å²) in [6, 6.07) is 11.9. The van der Waals surface area contributed by atoms with Gasteiger partial charge in [0, 0.05) is 12.2 Å². The smallest absolute Gasteiger partial charge is 0.310 e. The Hall–Kier alpha value is -3.23. The van der Waals surface area contributed by atoms with Crippen molar-refractivity contribution in [1.29, 1.82) is 0 Å². The van der Waals surface area contributed by atoms with E-state index in [2.05, 4.69) is 6.58 Å². The zero-order valence-electron chi connectivity index (χ0n) is 20.5. The van der Waals surface area contributed by atoms with Gasteiger partial charge in [0.25, 0.3) is 5.91 Å². The van der Waals surface area contributed by atoms with Crippen molar-refractivity contribution in [2.75, 3.05) is 18.1 Å². The number of carbonyl (C=O) groups is 3. The zero-order chi connectivity index (χ0) is 25.8. The fourth-order valence-electron chi connectivity index (χ4n) is 6.57. The fraction of sp³-hybridized carbons (Fsp3) is 0.464. The first-order valence-electron chi connectivity index (χ1n) is 12.5. The second kappa shape index (κ2) is 9.01. The van der Waals surface area contributed by atoms with E-state index in [-0.39, 0.29) is 25.0 Å². The molecular formula is C28H32N2O6. The molecule has 0 saturated carbocycles. The number of carboxylic acids is 1. The summed E-state index contributed by atoms with van der Waals surface area (Å²) in [6.45, 7) is 7.45. The molecule has 2 aromatic carbocycles. The number of anilines is 1. The van der Waals surface area contributed by atoms with Crippen molar-refractivity contribution in [1.82, 2.24) is 4.90 Å². The number of hydrogen-bond acceptors (Lipinski definition) is 5. The summed E-state index contributed by atoms with van der Waals surface area (Å²) in [4.78, 5) is 43.6. The van der Waals surface area contributed by atoms with E-state index in [0.29, 0.717) is 18.5 Å². The van der Waals surface area contributed by atoms with Gasteiger partial charge in [-0.2, -0.15) is 0 Å². The molecular weight excluding hydrogens is 460 g/mol. The van der Waals surface area contributed by atoms with Crippen LogP contribution >= 0.6 is 0 Å². The SMILES string of the molecule is C=CCN(C(=O)[C@H]1N([C@@H](CO)C(C)C)C(=O)[C@@H]2[C@@H](C(=O)O)[C@H]3CC[C@]21O3)c1ccc2ccccc2c1. The van der Waals surface area contributed by atoms with Gasteiger partial charge in [-0.05, 0) is 41.7 Å². The molecule has 1 spiro atoms. The Bertz CT molecular complexity index is 1230. The lowest BCUT2D eigenvalue weighted by Crippen LogP contribution is -2.59. The summed E-state index contributed by atoms with van der Waals surface area (Å²) in [5.74, 6) is -3.99. The predicted octanol–water partition coefficient (Wildman–Crippen LogP) is 2.83. The molecule has 3 aliphatic heterocycles. The monoisotopic (exact) mass is 492 g/mol. The number of rotatable bonds is 8. The molecule has 2 amide bonds. The van der Waals surface area contributed by atoms with Crippen LogP contribution in [0.1, 0.15) is 26.7 Å². The van der Waals surface area contributed by atoms with Gasteiger partial charge in [0.15, 0.2) is 0 Å². The van der Waals surface area contributed by atoms with Crippen molar-refractivity contribution in [3.63, 3.8) is 0 Å². The van der Waals surface area contributed by atoms with Gasteiger partial charge in [0.05, 0.1) is 30.6 Å². The average Bonchev–Trinajstić information content (AvgIpc) is 3.50. The third-order valence-electron chi connectivity index (χ3n) is 8.19. The van der Waals surface area contributed by atoms with Crippen molar-refractivity contribution in [3.8, 4) is 0 Å². The first-order chi connectivity index (χ1) is 17.2. The Morgan fingerprint density at radius 3 is 2.61 bits per heavy atom. The van der Waals surface area contributed by atoms with E-state index in [0.717, 1.165) is 10.8 Å². The lowest BCUT2D eigenvalue weighted by molar-refractivity contribution is -0.151. The first kappa shape index (κ1) is 24.5. The van der Waals surface area contributed by atoms with Gasteiger partial charge < -0.3 is 24.7 Å². The van der Waals surface area contributed by atoms with E-state index in [1.807, 2.05) is 56.3 Å². The molecule has 8 heteroatoms. The molecule has 36 heavy (non-hydrogen) atoms. The molecule has 2 bridgehead atoms. The Morgan fingerprint density at radius 2 is 1.97 bits per heavy atom. The molecule has 190 valence electrons. The maximum Gasteiger partial charge on any atom is 0.310 e. The maximum atomic E-state index is 14.4. The molecule has 0 aromatic heterocycles. The Morgan fingerprint density at radius 1 is 1.25 bits per heavy atom. The highest BCUT2D eigenvalue weighted by atomic mass is 16.5. The van der Waals surface area contributed by atoms with Crippen LogP contribution in [-0.2, 0) is 19.1 Å². The van der Waals surface area contributed by atoms with Crippen LogP contribution in [-0.4, -0.2) is 69.8 Å². The van der Waals surface area contributed by atoms with E-state index in [1.165, 1.54) is 4.90 Å². The number of aliphatic hydroxyl groups excluding tert-OH is 1. The molecule has 3 aliphatic rings. The second-order valence-electron chi connectivity index (χ2n) is 10.4. The highest BCUT2D eigenvalue weighted by Crippen LogP contribution is 2.59. The highest BCUT2D eigenvalue weighted by molar-refractivity contribution is 6.05. The van der Waals surface area contributed by atoms with Crippen molar-refractivity contribution in [2.24, 2.45) is 17.8 Å². The summed E-state index contributed by atoms with van der Waals surface area (Å²) in [6.07, 6.45) is 1.92. The van der Waals surface area contributed by atoms with E-state index in [4.69, 9.17) is 4.74 Å². The van der Waals surface area contributed by atoms with Gasteiger partial charge in [-0.25, -0.2) is 0 Å². The number of carbonyl (C=O) groups excluding carboxylic acids is 2. The summed E-state index contributed by atoms with van der Waals surface area (Å²) in [5, 5.41) is 22.2. The van der Waals surface area contributed by atoms with Crippen LogP contribution in [0.25, 0.3) is 10.8 Å². The van der Waals surface area contributed by atoms with Gasteiger partial charge in [-0.15, -0.1) is 6.58 Å². The molecule has 3 heterocycles. The number of likely N-dealkylation sites (tertiary alicyclic amines) is 1. The lowest BCUT2D eigenvalue weighted by atomic mass is 9.70. The number of amides is 2. The number of fused-ring (bicyclic) bond motifs is 2. The topological polar surface area (TPSA) is 107 Å². The second-order valence-corrected chi connectivity index (χ2v) is 10.4. The van der Waals surface area contributed by atoms with Gasteiger partial charge in [-0.1, -0.05) is 50.3 Å². The minimum Gasteiger partial charge on any atom is -0.481 e. The molecule has 3 fully saturated rings. The number of hydrogen-bond donors (Lipinski definition) is 2. The maximum absolute atomic E-state index is 14.4. The molecule has 0 unspecified atom stereocenters. The Kier molecular flexibility index (Phi) is 6.12. The van der Waals surface area contributed by atoms with Crippen molar-refractivity contribution in [3.05, 3.63) is 55.1 Å². The fourth-order valence-corrected chi connectivity index (χ4v) is 6.57. The average molecular weight is 493 g/mol. The Labute approximate surface area is 210 Å². The van der Waals surface area contributed by atoms with E-state index in [1.54, 1.807) is 11.0 Å². The normalized spacial score (nSPS) is 29.6. The van der Waals surface area contributed by atoms with Crippen LogP contribution in [0.2, 0.25) is 0 Å². The number of benzene rings is 2. The number of aliphatic carboxylic acids is 1. The van der Waals surface area contributed by atoms with Crippen LogP contribution in [0, 0.1) is 17.8 Å². The van der Waals surface area contributed by atoms with Crippen LogP contribution in [0.15, 0.2) is 55.1 Å². The molecule has 8 nitrogen and oxygen atoms in total. The van der Waals surface area contributed by atoms with Gasteiger partial charge in [0.1, 0.15) is 11.6 Å². The summed E-state index contributed by atoms with van der Waals surface area (Å²) in [7, 11) is 0. The minimum absolute atomic E-state index is 0.154. The van der Waals surface area contributed by atoms with E-state index in [9.17, 15) is 24.6 Å². The van der Waals surface area contributed by atoms with Crippen LogP contribution in [0.5, 0.6) is 0 Å². The van der Waals surface area contributed by atoms with Crippen molar-refractivity contribution < 1.29 is 29.3 Å². The molecule has 6 atom stereocenters. The van der Waals surface area contributed by atoms with E-state index >= 15 is 0 Å². The largest absolute Gasteiger partial charge is 0.481 e. The lowest BCUT2D eigenvalue weighted by Gasteiger charge is -2.40. The van der Waals surface area contributed by atoms with Crippen LogP contribution < -0.4 is 4.90 Å². The molecule has 0 aliphatic carbocycles. The molecule has 2 aromatic rings. The van der Waals surface area contributed by atoms with Crippen LogP contribution in [0.3, 0.4) is 0 Å². The van der Waals surface area contributed by atoms with Crippen molar-refractivity contribution >= 4 is 34.2 Å². The molecule has 2 N–H and O–H groups in total. The van der Waals surface area contributed by atoms with Gasteiger partial charge >= 0.3 is 5.97 Å². The summed E-state index contributed by atoms with van der Waals surface area (Å²) in [5.41, 5.74) is -0.584. The molecule has 0 radical (unpaired) electrons. The van der Waals surface area contributed by atoms with Crippen LogP contribution in [0.4, 0.5) is 5.69 Å². The number of carboxylic acid groups (broad SMARTS) is 1. The van der Waals surface area contributed by atoms with Crippen molar-refractivity contribution in [2.45, 2.75) is 50.5 Å². The summed E-state index contributed by atoms with van der Waals surface area (Å²) >= 11 is 0. The first-order valence-corrected chi connectivity index (χ1v) is 12.5. The van der Waals surface area contributed by atoms with Gasteiger partial charge in [-0.3, -0.25) is 14.4 Å².